The molecule has 0 unspecified atom stereocenters. The van der Waals surface area contributed by atoms with Crippen molar-refractivity contribution in [2.24, 2.45) is 0 Å². The smallest absolute Gasteiger partial charge is 0.377 e. The number of benzene rings is 1. The van der Waals surface area contributed by atoms with Crippen LogP contribution in [0.3, 0.4) is 0 Å². The quantitative estimate of drug-likeness (QED) is 0.632. The van der Waals surface area contributed by atoms with E-state index in [-0.39, 0.29) is 11.5 Å². The fraction of sp³-hybridized carbons (Fsp3) is 0.412. The zero-order valence-electron chi connectivity index (χ0n) is 13.3. The van der Waals surface area contributed by atoms with Crippen LogP contribution < -0.4 is 0 Å². The summed E-state index contributed by atoms with van der Waals surface area (Å²) in [6.45, 7) is 8.05. The van der Waals surface area contributed by atoms with Gasteiger partial charge >= 0.3 is 5.97 Å². The van der Waals surface area contributed by atoms with Gasteiger partial charge in [0.05, 0.1) is 0 Å². The Balaban J connectivity index is 2.11. The molecule has 1 atom stereocenters. The Morgan fingerprint density at radius 3 is 2.41 bits per heavy atom. The first-order valence-electron chi connectivity index (χ1n) is 7.17. The minimum Gasteiger partial charge on any atom is -0.493 e. The van der Waals surface area contributed by atoms with Crippen LogP contribution in [0, 0.1) is 20.8 Å². The number of rotatable bonds is 4. The highest BCUT2D eigenvalue weighted by Gasteiger charge is 2.25. The van der Waals surface area contributed by atoms with E-state index in [9.17, 15) is 9.59 Å². The van der Waals surface area contributed by atoms with Crippen LogP contribution in [0.25, 0.3) is 0 Å². The van der Waals surface area contributed by atoms with E-state index >= 15 is 0 Å². The first-order chi connectivity index (χ1) is 10.4. The van der Waals surface area contributed by atoms with Crippen molar-refractivity contribution in [2.75, 3.05) is 13.2 Å². The summed E-state index contributed by atoms with van der Waals surface area (Å²) < 4.78 is 15.3. The lowest BCUT2D eigenvalue weighted by atomic mass is 9.96. The summed E-state index contributed by atoms with van der Waals surface area (Å²) in [4.78, 5) is 24.4. The largest absolute Gasteiger partial charge is 0.493 e. The van der Waals surface area contributed by atoms with Gasteiger partial charge in [-0.1, -0.05) is 6.07 Å². The molecule has 2 rings (SSSR count). The monoisotopic (exact) mass is 304 g/mol. The van der Waals surface area contributed by atoms with Gasteiger partial charge in [0, 0.05) is 5.56 Å². The summed E-state index contributed by atoms with van der Waals surface area (Å²) in [5, 5.41) is 0. The summed E-state index contributed by atoms with van der Waals surface area (Å²) in [7, 11) is 0. The van der Waals surface area contributed by atoms with Gasteiger partial charge in [-0.15, -0.1) is 0 Å². The van der Waals surface area contributed by atoms with Gasteiger partial charge in [0.1, 0.15) is 19.5 Å². The van der Waals surface area contributed by atoms with Crippen molar-refractivity contribution in [3.8, 4) is 0 Å². The summed E-state index contributed by atoms with van der Waals surface area (Å²) in [6, 6.07) is 3.79. The molecule has 0 saturated carbocycles. The Morgan fingerprint density at radius 2 is 1.77 bits per heavy atom. The number of aryl methyl sites for hydroxylation is 3. The van der Waals surface area contributed by atoms with Gasteiger partial charge < -0.3 is 14.2 Å². The van der Waals surface area contributed by atoms with Gasteiger partial charge in [0.15, 0.2) is 6.10 Å². The molecule has 5 heteroatoms. The molecule has 0 saturated heterocycles. The molecule has 1 aromatic rings. The molecule has 118 valence electrons. The van der Waals surface area contributed by atoms with Gasteiger partial charge in [-0.05, 0) is 50.5 Å². The molecule has 0 fully saturated rings. The average molecular weight is 304 g/mol. The van der Waals surface area contributed by atoms with Crippen LogP contribution in [0.2, 0.25) is 0 Å². The highest BCUT2D eigenvalue weighted by atomic mass is 16.6. The van der Waals surface area contributed by atoms with Crippen LogP contribution in [0.5, 0.6) is 0 Å². The Hall–Kier alpha value is -2.30. The second-order valence-corrected chi connectivity index (χ2v) is 5.36. The molecule has 1 aromatic carbocycles. The fourth-order valence-electron chi connectivity index (χ4n) is 2.19. The van der Waals surface area contributed by atoms with E-state index in [2.05, 4.69) is 0 Å². The van der Waals surface area contributed by atoms with Gasteiger partial charge in [0.25, 0.3) is 0 Å². The van der Waals surface area contributed by atoms with E-state index in [1.807, 2.05) is 32.9 Å². The van der Waals surface area contributed by atoms with Crippen LogP contribution in [-0.4, -0.2) is 31.1 Å². The third-order valence-corrected chi connectivity index (χ3v) is 3.61. The highest BCUT2D eigenvalue weighted by Crippen LogP contribution is 2.18. The number of Topliss-reactive ketones (excluding diaryl/α,β-unsaturated/α-hetero) is 1. The highest BCUT2D eigenvalue weighted by molar-refractivity contribution is 6.02. The molecule has 0 N–H and O–H groups in total. The summed E-state index contributed by atoms with van der Waals surface area (Å²) >= 11 is 0. The van der Waals surface area contributed by atoms with Gasteiger partial charge in [0.2, 0.25) is 11.5 Å². The van der Waals surface area contributed by atoms with E-state index in [0.29, 0.717) is 18.8 Å². The third kappa shape index (κ3) is 3.47. The Bertz CT molecular complexity index is 630. The van der Waals surface area contributed by atoms with E-state index < -0.39 is 12.1 Å². The van der Waals surface area contributed by atoms with Crippen molar-refractivity contribution >= 4 is 11.8 Å². The van der Waals surface area contributed by atoms with Crippen LogP contribution in [0.1, 0.15) is 34.0 Å². The van der Waals surface area contributed by atoms with E-state index in [1.54, 1.807) is 6.92 Å². The Labute approximate surface area is 129 Å². The average Bonchev–Trinajstić information content (AvgIpc) is 2.51. The Morgan fingerprint density at radius 1 is 1.09 bits per heavy atom. The summed E-state index contributed by atoms with van der Waals surface area (Å²) in [6.07, 6.45) is 0.323. The lowest BCUT2D eigenvalue weighted by molar-refractivity contribution is -0.147. The van der Waals surface area contributed by atoms with Crippen LogP contribution >= 0.6 is 0 Å². The number of ketones is 1. The fourth-order valence-corrected chi connectivity index (χ4v) is 2.19. The summed E-state index contributed by atoms with van der Waals surface area (Å²) in [5.41, 5.74) is 3.58. The molecule has 1 heterocycles. The molecule has 0 aromatic heterocycles. The molecule has 22 heavy (non-hydrogen) atoms. The second kappa shape index (κ2) is 6.64. The molecule has 1 aliphatic heterocycles. The zero-order valence-corrected chi connectivity index (χ0v) is 13.3. The van der Waals surface area contributed by atoms with E-state index in [4.69, 9.17) is 14.2 Å². The predicted molar refractivity (Wildman–Crippen MR) is 80.5 cm³/mol. The maximum atomic E-state index is 12.5. The van der Waals surface area contributed by atoms with Crippen molar-refractivity contribution in [1.82, 2.24) is 0 Å². The predicted octanol–water partition coefficient (Wildman–Crippen LogP) is 2.61. The molecule has 0 spiro atoms. The lowest BCUT2D eigenvalue weighted by Gasteiger charge is -2.18. The molecule has 1 aliphatic rings. The standard InChI is InChI=1S/C17H20O5/c1-10-7-12(3)14(8-11(10)2)16(18)13(4)22-17(19)15-9-20-5-6-21-15/h7-9,13H,5-6H2,1-4H3/t13-/m1/s1. The Kier molecular flexibility index (Phi) is 4.85. The first-order valence-corrected chi connectivity index (χ1v) is 7.17. The normalized spacial score (nSPS) is 15.2. The van der Waals surface area contributed by atoms with E-state index in [1.165, 1.54) is 6.26 Å². The van der Waals surface area contributed by atoms with Crippen molar-refractivity contribution in [2.45, 2.75) is 33.8 Å². The van der Waals surface area contributed by atoms with Crippen molar-refractivity contribution < 1.29 is 23.8 Å². The number of hydrogen-bond acceptors (Lipinski definition) is 5. The topological polar surface area (TPSA) is 61.8 Å². The van der Waals surface area contributed by atoms with Gasteiger partial charge in [-0.3, -0.25) is 4.79 Å². The minimum atomic E-state index is -0.889. The zero-order chi connectivity index (χ0) is 16.3. The third-order valence-electron chi connectivity index (χ3n) is 3.61. The molecular formula is C17H20O5. The number of ether oxygens (including phenoxy) is 3. The number of carbonyl (C=O) groups is 2. The summed E-state index contributed by atoms with van der Waals surface area (Å²) in [5.74, 6) is -0.934. The number of carbonyl (C=O) groups excluding carboxylic acids is 2. The maximum absolute atomic E-state index is 12.5. The SMILES string of the molecule is Cc1cc(C)c(C(=O)[C@@H](C)OC(=O)C2=COCCO2)cc1C. The van der Waals surface area contributed by atoms with Crippen molar-refractivity contribution in [1.29, 1.82) is 0 Å². The van der Waals surface area contributed by atoms with Crippen molar-refractivity contribution in [3.63, 3.8) is 0 Å². The number of hydrogen-bond donors (Lipinski definition) is 0. The first kappa shape index (κ1) is 16.1. The maximum Gasteiger partial charge on any atom is 0.377 e. The molecule has 0 amide bonds. The second-order valence-electron chi connectivity index (χ2n) is 5.36. The van der Waals surface area contributed by atoms with Crippen LogP contribution in [0.15, 0.2) is 24.2 Å². The van der Waals surface area contributed by atoms with Gasteiger partial charge in [-0.2, -0.15) is 0 Å². The molecular weight excluding hydrogens is 284 g/mol. The number of esters is 1. The van der Waals surface area contributed by atoms with Crippen molar-refractivity contribution in [3.05, 3.63) is 46.4 Å². The molecule has 5 nitrogen and oxygen atoms in total. The molecule has 0 bridgehead atoms. The molecule has 0 radical (unpaired) electrons. The van der Waals surface area contributed by atoms with Crippen LogP contribution in [-0.2, 0) is 19.0 Å². The lowest BCUT2D eigenvalue weighted by Crippen LogP contribution is -2.27. The molecule has 0 aliphatic carbocycles. The van der Waals surface area contributed by atoms with Gasteiger partial charge in [-0.25, -0.2) is 4.79 Å². The van der Waals surface area contributed by atoms with Crippen LogP contribution in [0.4, 0.5) is 0 Å². The minimum absolute atomic E-state index is 0.0114. The van der Waals surface area contributed by atoms with E-state index in [0.717, 1.165) is 16.7 Å².